The molecule has 0 aromatic heterocycles. The molecular formula is C15H20ClNO3S. The standard InChI is InChI=1S/C15H20ClNO3S/c1-11(2)20-15(19)7-9-17-14(18)8-10-21-13-6-4-3-5-12(13)16/h3-6,11H,7-10H2,1-2H3,(H,17,18). The van der Waals surface area contributed by atoms with Crippen LogP contribution in [0.3, 0.4) is 0 Å². The lowest BCUT2D eigenvalue weighted by molar-refractivity contribution is -0.147. The first kappa shape index (κ1) is 17.9. The Morgan fingerprint density at radius 2 is 2.00 bits per heavy atom. The van der Waals surface area contributed by atoms with Gasteiger partial charge in [0.05, 0.1) is 17.5 Å². The number of esters is 1. The molecule has 0 saturated heterocycles. The number of hydrogen-bond donors (Lipinski definition) is 1. The highest BCUT2D eigenvalue weighted by molar-refractivity contribution is 7.99. The van der Waals surface area contributed by atoms with Gasteiger partial charge in [-0.1, -0.05) is 23.7 Å². The predicted octanol–water partition coefficient (Wildman–Crippen LogP) is 3.28. The third-order valence-electron chi connectivity index (χ3n) is 2.44. The van der Waals surface area contributed by atoms with Crippen LogP contribution >= 0.6 is 23.4 Å². The summed E-state index contributed by atoms with van der Waals surface area (Å²) in [5, 5.41) is 3.40. The van der Waals surface area contributed by atoms with Crippen molar-refractivity contribution in [2.24, 2.45) is 0 Å². The van der Waals surface area contributed by atoms with Gasteiger partial charge in [-0.2, -0.15) is 0 Å². The summed E-state index contributed by atoms with van der Waals surface area (Å²) in [6.07, 6.45) is 0.455. The van der Waals surface area contributed by atoms with Crippen LogP contribution < -0.4 is 5.32 Å². The molecule has 21 heavy (non-hydrogen) atoms. The minimum atomic E-state index is -0.296. The molecule has 1 rings (SSSR count). The molecule has 0 aliphatic carbocycles. The Morgan fingerprint density at radius 3 is 2.67 bits per heavy atom. The number of ether oxygens (including phenoxy) is 1. The second-order valence-corrected chi connectivity index (χ2v) is 6.21. The van der Waals surface area contributed by atoms with Crippen LogP contribution in [0.25, 0.3) is 0 Å². The van der Waals surface area contributed by atoms with E-state index in [1.54, 1.807) is 13.8 Å². The van der Waals surface area contributed by atoms with Gasteiger partial charge < -0.3 is 10.1 Å². The van der Waals surface area contributed by atoms with Crippen molar-refractivity contribution in [3.05, 3.63) is 29.3 Å². The van der Waals surface area contributed by atoms with Crippen molar-refractivity contribution in [1.82, 2.24) is 5.32 Å². The molecule has 4 nitrogen and oxygen atoms in total. The number of carbonyl (C=O) groups excluding carboxylic acids is 2. The molecule has 0 heterocycles. The lowest BCUT2D eigenvalue weighted by atomic mass is 10.4. The Balaban J connectivity index is 2.14. The highest BCUT2D eigenvalue weighted by Crippen LogP contribution is 2.26. The van der Waals surface area contributed by atoms with Gasteiger partial charge in [0.15, 0.2) is 0 Å². The molecule has 116 valence electrons. The maximum absolute atomic E-state index is 11.6. The summed E-state index contributed by atoms with van der Waals surface area (Å²) in [5.41, 5.74) is 0. The smallest absolute Gasteiger partial charge is 0.307 e. The number of amides is 1. The molecule has 0 spiro atoms. The van der Waals surface area contributed by atoms with Crippen LogP contribution in [0.1, 0.15) is 26.7 Å². The monoisotopic (exact) mass is 329 g/mol. The Kier molecular flexibility index (Phi) is 8.23. The SMILES string of the molecule is CC(C)OC(=O)CCNC(=O)CCSc1ccccc1Cl. The molecule has 1 aromatic rings. The normalized spacial score (nSPS) is 10.5. The first-order valence-corrected chi connectivity index (χ1v) is 8.19. The van der Waals surface area contributed by atoms with Crippen LogP contribution in [0.15, 0.2) is 29.2 Å². The van der Waals surface area contributed by atoms with Gasteiger partial charge >= 0.3 is 5.97 Å². The fraction of sp³-hybridized carbons (Fsp3) is 0.467. The maximum Gasteiger partial charge on any atom is 0.307 e. The Morgan fingerprint density at radius 1 is 1.29 bits per heavy atom. The van der Waals surface area contributed by atoms with E-state index >= 15 is 0 Å². The van der Waals surface area contributed by atoms with Gasteiger partial charge in [-0.15, -0.1) is 11.8 Å². The molecule has 1 amide bonds. The molecule has 0 aliphatic heterocycles. The van der Waals surface area contributed by atoms with Crippen LogP contribution in [0.2, 0.25) is 5.02 Å². The van der Waals surface area contributed by atoms with Gasteiger partial charge in [0.25, 0.3) is 0 Å². The molecule has 1 aromatic carbocycles. The van der Waals surface area contributed by atoms with Crippen molar-refractivity contribution < 1.29 is 14.3 Å². The summed E-state index contributed by atoms with van der Waals surface area (Å²) in [4.78, 5) is 23.9. The van der Waals surface area contributed by atoms with E-state index in [4.69, 9.17) is 16.3 Å². The molecular weight excluding hydrogens is 310 g/mol. The molecule has 0 saturated carbocycles. The average molecular weight is 330 g/mol. The third kappa shape index (κ3) is 7.97. The quantitative estimate of drug-likeness (QED) is 0.587. The lowest BCUT2D eigenvalue weighted by Gasteiger charge is -2.08. The number of nitrogens with one attached hydrogen (secondary N) is 1. The molecule has 1 N–H and O–H groups in total. The van der Waals surface area contributed by atoms with Crippen molar-refractivity contribution in [3.8, 4) is 0 Å². The second-order valence-electron chi connectivity index (χ2n) is 4.67. The van der Waals surface area contributed by atoms with E-state index in [2.05, 4.69) is 5.32 Å². The Labute approximate surface area is 134 Å². The van der Waals surface area contributed by atoms with Crippen molar-refractivity contribution in [2.45, 2.75) is 37.7 Å². The van der Waals surface area contributed by atoms with E-state index in [0.717, 1.165) is 4.90 Å². The van der Waals surface area contributed by atoms with Crippen molar-refractivity contribution in [3.63, 3.8) is 0 Å². The zero-order valence-corrected chi connectivity index (χ0v) is 13.8. The summed E-state index contributed by atoms with van der Waals surface area (Å²) in [6, 6.07) is 7.53. The van der Waals surface area contributed by atoms with E-state index < -0.39 is 0 Å². The fourth-order valence-electron chi connectivity index (χ4n) is 1.53. The maximum atomic E-state index is 11.6. The van der Waals surface area contributed by atoms with Crippen LogP contribution in [0, 0.1) is 0 Å². The number of rotatable bonds is 8. The fourth-order valence-corrected chi connectivity index (χ4v) is 2.72. The highest BCUT2D eigenvalue weighted by Gasteiger charge is 2.07. The molecule has 0 unspecified atom stereocenters. The van der Waals surface area contributed by atoms with Gasteiger partial charge in [-0.05, 0) is 26.0 Å². The zero-order chi connectivity index (χ0) is 15.7. The summed E-state index contributed by atoms with van der Waals surface area (Å²) in [5.74, 6) is 0.272. The average Bonchev–Trinajstić information content (AvgIpc) is 2.40. The predicted molar refractivity (Wildman–Crippen MR) is 85.6 cm³/mol. The van der Waals surface area contributed by atoms with Gasteiger partial charge in [-0.25, -0.2) is 0 Å². The molecule has 0 fully saturated rings. The van der Waals surface area contributed by atoms with Crippen LogP contribution in [-0.4, -0.2) is 30.3 Å². The lowest BCUT2D eigenvalue weighted by Crippen LogP contribution is -2.27. The zero-order valence-electron chi connectivity index (χ0n) is 12.2. The summed E-state index contributed by atoms with van der Waals surface area (Å²) in [7, 11) is 0. The molecule has 0 atom stereocenters. The summed E-state index contributed by atoms with van der Waals surface area (Å²) in [6.45, 7) is 3.89. The summed E-state index contributed by atoms with van der Waals surface area (Å²) >= 11 is 7.57. The number of thioether (sulfide) groups is 1. The number of benzene rings is 1. The van der Waals surface area contributed by atoms with Crippen LogP contribution in [0.4, 0.5) is 0 Å². The van der Waals surface area contributed by atoms with Gasteiger partial charge in [0, 0.05) is 23.6 Å². The van der Waals surface area contributed by atoms with Crippen molar-refractivity contribution >= 4 is 35.2 Å². The number of halogens is 1. The Bertz CT molecular complexity index is 480. The van der Waals surface area contributed by atoms with E-state index in [1.807, 2.05) is 24.3 Å². The summed E-state index contributed by atoms with van der Waals surface area (Å²) < 4.78 is 4.98. The van der Waals surface area contributed by atoms with E-state index in [9.17, 15) is 9.59 Å². The van der Waals surface area contributed by atoms with Gasteiger partial charge in [0.2, 0.25) is 5.91 Å². The van der Waals surface area contributed by atoms with E-state index in [1.165, 1.54) is 11.8 Å². The number of hydrogen-bond acceptors (Lipinski definition) is 4. The third-order valence-corrected chi connectivity index (χ3v) is 3.96. The van der Waals surface area contributed by atoms with E-state index in [-0.39, 0.29) is 24.4 Å². The Hall–Kier alpha value is -1.20. The largest absolute Gasteiger partial charge is 0.463 e. The van der Waals surface area contributed by atoms with Crippen molar-refractivity contribution in [1.29, 1.82) is 0 Å². The molecule has 6 heteroatoms. The minimum absolute atomic E-state index is 0.0769. The second kappa shape index (κ2) is 9.68. The topological polar surface area (TPSA) is 55.4 Å². The van der Waals surface area contributed by atoms with Gasteiger partial charge in [-0.3, -0.25) is 9.59 Å². The number of carbonyl (C=O) groups is 2. The van der Waals surface area contributed by atoms with Crippen LogP contribution in [-0.2, 0) is 14.3 Å². The highest BCUT2D eigenvalue weighted by atomic mass is 35.5. The van der Waals surface area contributed by atoms with E-state index in [0.29, 0.717) is 23.7 Å². The molecule has 0 aliphatic rings. The first-order valence-electron chi connectivity index (χ1n) is 6.82. The minimum Gasteiger partial charge on any atom is -0.463 e. The molecule has 0 radical (unpaired) electrons. The first-order chi connectivity index (χ1) is 9.99. The van der Waals surface area contributed by atoms with Crippen LogP contribution in [0.5, 0.6) is 0 Å². The van der Waals surface area contributed by atoms with Gasteiger partial charge in [0.1, 0.15) is 0 Å². The molecule has 0 bridgehead atoms. The van der Waals surface area contributed by atoms with Crippen molar-refractivity contribution in [2.75, 3.05) is 12.3 Å².